The number of benzene rings is 1. The second-order valence-corrected chi connectivity index (χ2v) is 3.57. The third-order valence-electron chi connectivity index (χ3n) is 2.36. The first-order valence-corrected chi connectivity index (χ1v) is 5.14. The summed E-state index contributed by atoms with van der Waals surface area (Å²) in [5.41, 5.74) is 0.616. The van der Waals surface area contributed by atoms with E-state index in [1.807, 2.05) is 12.1 Å². The van der Waals surface area contributed by atoms with Crippen molar-refractivity contribution in [2.24, 2.45) is 0 Å². The molecular weight excluding hydrogens is 220 g/mol. The summed E-state index contributed by atoms with van der Waals surface area (Å²) >= 11 is 0. The van der Waals surface area contributed by atoms with E-state index in [1.54, 1.807) is 19.2 Å². The Balaban J connectivity index is 2.78. The topological polar surface area (TPSA) is 71.3 Å². The van der Waals surface area contributed by atoms with Crippen molar-refractivity contribution >= 4 is 28.3 Å². The van der Waals surface area contributed by atoms with Crippen LogP contribution in [0.5, 0.6) is 0 Å². The van der Waals surface area contributed by atoms with Crippen molar-refractivity contribution in [1.29, 1.82) is 0 Å². The minimum Gasteiger partial charge on any atom is -0.421 e. The molecule has 0 unspecified atom stereocenters. The first kappa shape index (κ1) is 11.2. The molecule has 0 spiro atoms. The number of nitrogens with one attached hydrogen (secondary N) is 2. The molecule has 0 saturated heterocycles. The van der Waals surface area contributed by atoms with Crippen LogP contribution in [-0.2, 0) is 4.79 Å². The molecule has 0 aliphatic rings. The fraction of sp³-hybridized carbons (Fsp3) is 0.167. The number of carbonyl (C=O) groups excluding carboxylic acids is 1. The maximum Gasteiger partial charge on any atom is 0.362 e. The maximum atomic E-state index is 11.7. The molecule has 5 heteroatoms. The van der Waals surface area contributed by atoms with E-state index in [1.165, 1.54) is 6.92 Å². The van der Waals surface area contributed by atoms with Gasteiger partial charge in [-0.15, -0.1) is 0 Å². The Morgan fingerprint density at radius 1 is 1.24 bits per heavy atom. The van der Waals surface area contributed by atoms with E-state index in [0.717, 1.165) is 5.39 Å². The lowest BCUT2D eigenvalue weighted by Crippen LogP contribution is -2.17. The van der Waals surface area contributed by atoms with E-state index in [-0.39, 0.29) is 11.6 Å². The molecule has 5 nitrogen and oxygen atoms in total. The van der Waals surface area contributed by atoms with Crippen molar-refractivity contribution in [3.8, 4) is 0 Å². The van der Waals surface area contributed by atoms with Crippen LogP contribution < -0.4 is 16.3 Å². The Morgan fingerprint density at radius 3 is 2.59 bits per heavy atom. The molecule has 0 saturated carbocycles. The van der Waals surface area contributed by atoms with Gasteiger partial charge in [0.05, 0.1) is 5.69 Å². The number of hydrogen-bond donors (Lipinski definition) is 2. The lowest BCUT2D eigenvalue weighted by atomic mass is 10.2. The summed E-state index contributed by atoms with van der Waals surface area (Å²) < 4.78 is 5.13. The molecule has 88 valence electrons. The number of fused-ring (bicyclic) bond motifs is 1. The molecule has 0 bridgehead atoms. The van der Waals surface area contributed by atoms with Crippen molar-refractivity contribution in [3.05, 3.63) is 34.7 Å². The first-order valence-electron chi connectivity index (χ1n) is 5.14. The average molecular weight is 232 g/mol. The number of para-hydroxylation sites is 1. The molecule has 1 amide bonds. The van der Waals surface area contributed by atoms with Crippen LogP contribution in [0.2, 0.25) is 0 Å². The van der Waals surface area contributed by atoms with Crippen molar-refractivity contribution in [2.75, 3.05) is 17.7 Å². The Morgan fingerprint density at radius 2 is 1.94 bits per heavy atom. The highest BCUT2D eigenvalue weighted by atomic mass is 16.4. The van der Waals surface area contributed by atoms with Gasteiger partial charge < -0.3 is 15.1 Å². The highest BCUT2D eigenvalue weighted by Gasteiger charge is 2.13. The largest absolute Gasteiger partial charge is 0.421 e. The second kappa shape index (κ2) is 4.29. The summed E-state index contributed by atoms with van der Waals surface area (Å²) in [7, 11) is 1.69. The van der Waals surface area contributed by atoms with E-state index in [2.05, 4.69) is 10.6 Å². The minimum atomic E-state index is -0.566. The van der Waals surface area contributed by atoms with Crippen LogP contribution >= 0.6 is 0 Å². The van der Waals surface area contributed by atoms with Gasteiger partial charge in [0.1, 0.15) is 5.58 Å². The Kier molecular flexibility index (Phi) is 2.82. The number of anilines is 2. The number of rotatable bonds is 2. The summed E-state index contributed by atoms with van der Waals surface area (Å²) in [6.45, 7) is 1.34. The highest BCUT2D eigenvalue weighted by Crippen LogP contribution is 2.27. The summed E-state index contributed by atoms with van der Waals surface area (Å²) in [6, 6.07) is 7.13. The molecule has 0 atom stereocenters. The van der Waals surface area contributed by atoms with Crippen LogP contribution in [0.25, 0.3) is 11.0 Å². The van der Waals surface area contributed by atoms with E-state index in [9.17, 15) is 9.59 Å². The van der Waals surface area contributed by atoms with Crippen LogP contribution in [0, 0.1) is 0 Å². The molecular formula is C12H12N2O3. The zero-order chi connectivity index (χ0) is 12.4. The number of amides is 1. The SMILES string of the molecule is CNc1c(NC(C)=O)c(=O)oc2ccccc12. The molecule has 1 aromatic carbocycles. The molecule has 0 aliphatic carbocycles. The molecule has 1 aromatic heterocycles. The third kappa shape index (κ3) is 1.99. The van der Waals surface area contributed by atoms with Gasteiger partial charge in [0.25, 0.3) is 0 Å². The fourth-order valence-corrected chi connectivity index (χ4v) is 1.70. The summed E-state index contributed by atoms with van der Waals surface area (Å²) in [5.74, 6) is -0.316. The van der Waals surface area contributed by atoms with Crippen molar-refractivity contribution in [2.45, 2.75) is 6.92 Å². The average Bonchev–Trinajstić information content (AvgIpc) is 2.29. The molecule has 1 heterocycles. The van der Waals surface area contributed by atoms with Gasteiger partial charge in [-0.05, 0) is 12.1 Å². The van der Waals surface area contributed by atoms with E-state index < -0.39 is 5.63 Å². The van der Waals surface area contributed by atoms with E-state index >= 15 is 0 Å². The van der Waals surface area contributed by atoms with Crippen molar-refractivity contribution < 1.29 is 9.21 Å². The van der Waals surface area contributed by atoms with E-state index in [0.29, 0.717) is 11.3 Å². The molecule has 17 heavy (non-hydrogen) atoms. The van der Waals surface area contributed by atoms with Crippen LogP contribution in [0.1, 0.15) is 6.92 Å². The normalized spacial score (nSPS) is 10.2. The quantitative estimate of drug-likeness (QED) is 0.774. The first-order chi connectivity index (χ1) is 8.13. The zero-order valence-corrected chi connectivity index (χ0v) is 9.53. The Hall–Kier alpha value is -2.30. The van der Waals surface area contributed by atoms with Gasteiger partial charge in [-0.3, -0.25) is 4.79 Å². The molecule has 2 rings (SSSR count). The summed E-state index contributed by atoms with van der Waals surface area (Å²) in [6.07, 6.45) is 0. The lowest BCUT2D eigenvalue weighted by molar-refractivity contribution is -0.114. The minimum absolute atomic E-state index is 0.138. The lowest BCUT2D eigenvalue weighted by Gasteiger charge is -2.10. The van der Waals surface area contributed by atoms with Crippen LogP contribution in [-0.4, -0.2) is 13.0 Å². The predicted molar refractivity (Wildman–Crippen MR) is 66.3 cm³/mol. The van der Waals surface area contributed by atoms with Crippen molar-refractivity contribution in [3.63, 3.8) is 0 Å². The van der Waals surface area contributed by atoms with Gasteiger partial charge in [-0.2, -0.15) is 0 Å². The van der Waals surface area contributed by atoms with E-state index in [4.69, 9.17) is 4.42 Å². The monoisotopic (exact) mass is 232 g/mol. The zero-order valence-electron chi connectivity index (χ0n) is 9.53. The molecule has 0 aliphatic heterocycles. The molecule has 0 radical (unpaired) electrons. The second-order valence-electron chi connectivity index (χ2n) is 3.57. The predicted octanol–water partition coefficient (Wildman–Crippen LogP) is 1.79. The Labute approximate surface area is 97.4 Å². The number of carbonyl (C=O) groups is 1. The van der Waals surface area contributed by atoms with Gasteiger partial charge in [0.15, 0.2) is 5.69 Å². The number of hydrogen-bond acceptors (Lipinski definition) is 4. The van der Waals surface area contributed by atoms with Gasteiger partial charge in [0, 0.05) is 19.4 Å². The maximum absolute atomic E-state index is 11.7. The van der Waals surface area contributed by atoms with Gasteiger partial charge in [-0.25, -0.2) is 4.79 Å². The smallest absolute Gasteiger partial charge is 0.362 e. The molecule has 0 fully saturated rings. The summed E-state index contributed by atoms with van der Waals surface area (Å²) in [5, 5.41) is 6.14. The van der Waals surface area contributed by atoms with Crippen molar-refractivity contribution in [1.82, 2.24) is 0 Å². The standard InChI is InChI=1S/C12H12N2O3/c1-7(15)14-11-10(13-2)8-5-3-4-6-9(8)17-12(11)16/h3-6,13H,1-2H3,(H,14,15). The summed E-state index contributed by atoms with van der Waals surface area (Å²) in [4.78, 5) is 22.8. The molecule has 2 aromatic rings. The van der Waals surface area contributed by atoms with Crippen LogP contribution in [0.15, 0.2) is 33.5 Å². The Bertz CT molecular complexity index is 631. The van der Waals surface area contributed by atoms with Crippen LogP contribution in [0.3, 0.4) is 0 Å². The van der Waals surface area contributed by atoms with Crippen LogP contribution in [0.4, 0.5) is 11.4 Å². The third-order valence-corrected chi connectivity index (χ3v) is 2.36. The fourth-order valence-electron chi connectivity index (χ4n) is 1.70. The van der Waals surface area contributed by atoms with Gasteiger partial charge in [-0.1, -0.05) is 12.1 Å². The van der Waals surface area contributed by atoms with Gasteiger partial charge >= 0.3 is 5.63 Å². The van der Waals surface area contributed by atoms with Gasteiger partial charge in [0.2, 0.25) is 5.91 Å². The highest BCUT2D eigenvalue weighted by molar-refractivity contribution is 6.01. The molecule has 2 N–H and O–H groups in total.